The Morgan fingerprint density at radius 2 is 2.11 bits per heavy atom. The number of carbonyl (C=O) groups excluding carboxylic acids is 2. The summed E-state index contributed by atoms with van der Waals surface area (Å²) < 4.78 is 0. The average molecular weight is 247 g/mol. The van der Waals surface area contributed by atoms with Crippen LogP contribution in [0, 0.1) is 6.92 Å². The average Bonchev–Trinajstić information content (AvgIpc) is 2.38. The summed E-state index contributed by atoms with van der Waals surface area (Å²) in [5.74, 6) is -0.109. The van der Waals surface area contributed by atoms with Crippen molar-refractivity contribution in [3.63, 3.8) is 0 Å². The van der Waals surface area contributed by atoms with Crippen LogP contribution in [0.2, 0.25) is 0 Å². The number of nitrogens with one attached hydrogen (secondary N) is 2. The summed E-state index contributed by atoms with van der Waals surface area (Å²) in [6.45, 7) is 2.50. The van der Waals surface area contributed by atoms with Gasteiger partial charge in [0.25, 0.3) is 0 Å². The van der Waals surface area contributed by atoms with E-state index in [1.54, 1.807) is 11.9 Å². The van der Waals surface area contributed by atoms with Crippen molar-refractivity contribution in [1.82, 2.24) is 10.6 Å². The molecule has 1 fully saturated rings. The number of benzene rings is 1. The van der Waals surface area contributed by atoms with E-state index >= 15 is 0 Å². The highest BCUT2D eigenvalue weighted by Gasteiger charge is 2.27. The lowest BCUT2D eigenvalue weighted by Gasteiger charge is -2.28. The normalized spacial score (nSPS) is 19.2. The molecule has 2 rings (SSSR count). The number of hydrogen-bond donors (Lipinski definition) is 2. The highest BCUT2D eigenvalue weighted by atomic mass is 16.2. The van der Waals surface area contributed by atoms with Gasteiger partial charge in [0.15, 0.2) is 0 Å². The molecule has 1 heterocycles. The summed E-state index contributed by atoms with van der Waals surface area (Å²) in [4.78, 5) is 24.9. The zero-order valence-electron chi connectivity index (χ0n) is 10.6. The number of nitrogens with zero attached hydrogens (tertiary/aromatic N) is 1. The first-order valence-electron chi connectivity index (χ1n) is 5.93. The zero-order valence-corrected chi connectivity index (χ0v) is 10.6. The van der Waals surface area contributed by atoms with Gasteiger partial charge in [-0.25, -0.2) is 0 Å². The van der Waals surface area contributed by atoms with Crippen LogP contribution in [0.3, 0.4) is 0 Å². The van der Waals surface area contributed by atoms with Crippen LogP contribution in [0.25, 0.3) is 0 Å². The van der Waals surface area contributed by atoms with Crippen LogP contribution in [0.4, 0.5) is 5.69 Å². The lowest BCUT2D eigenvalue weighted by atomic mass is 10.1. The van der Waals surface area contributed by atoms with E-state index < -0.39 is 0 Å². The van der Waals surface area contributed by atoms with Gasteiger partial charge in [0.2, 0.25) is 11.8 Å². The molecule has 0 saturated carbocycles. The van der Waals surface area contributed by atoms with Gasteiger partial charge < -0.3 is 10.2 Å². The van der Waals surface area contributed by atoms with Gasteiger partial charge in [-0.2, -0.15) is 0 Å². The number of para-hydroxylation sites is 1. The predicted octanol–water partition coefficient (Wildman–Crippen LogP) is 0.0458. The van der Waals surface area contributed by atoms with Gasteiger partial charge in [-0.3, -0.25) is 14.9 Å². The molecule has 5 nitrogen and oxygen atoms in total. The minimum Gasteiger partial charge on any atom is -0.353 e. The number of likely N-dealkylation sites (N-methyl/N-ethyl adjacent to an activating group) is 1. The molecule has 2 N–H and O–H groups in total. The van der Waals surface area contributed by atoms with E-state index in [0.717, 1.165) is 11.3 Å². The summed E-state index contributed by atoms with van der Waals surface area (Å²) in [6, 6.07) is 7.37. The van der Waals surface area contributed by atoms with E-state index in [9.17, 15) is 9.59 Å². The number of piperazine rings is 1. The highest BCUT2D eigenvalue weighted by Crippen LogP contribution is 2.18. The topological polar surface area (TPSA) is 61.4 Å². The first-order valence-corrected chi connectivity index (χ1v) is 5.93. The quantitative estimate of drug-likeness (QED) is 0.776. The van der Waals surface area contributed by atoms with E-state index in [0.29, 0.717) is 6.54 Å². The molecule has 18 heavy (non-hydrogen) atoms. The summed E-state index contributed by atoms with van der Waals surface area (Å²) in [5.41, 5.74) is 1.94. The third-order valence-electron chi connectivity index (χ3n) is 3.12. The third kappa shape index (κ3) is 2.51. The van der Waals surface area contributed by atoms with Crippen LogP contribution < -0.4 is 15.5 Å². The van der Waals surface area contributed by atoms with Gasteiger partial charge in [0.05, 0.1) is 6.54 Å². The van der Waals surface area contributed by atoms with Gasteiger partial charge in [-0.05, 0) is 18.6 Å². The smallest absolute Gasteiger partial charge is 0.245 e. The fourth-order valence-corrected chi connectivity index (χ4v) is 2.03. The molecule has 1 aliphatic rings. The minimum atomic E-state index is -0.354. The van der Waals surface area contributed by atoms with Crippen LogP contribution in [-0.2, 0) is 9.59 Å². The van der Waals surface area contributed by atoms with Gasteiger partial charge >= 0.3 is 0 Å². The molecule has 1 aliphatic heterocycles. The Morgan fingerprint density at radius 1 is 1.39 bits per heavy atom. The molecule has 0 aliphatic carbocycles. The molecule has 1 aromatic rings. The molecule has 1 aromatic carbocycles. The molecule has 0 aromatic heterocycles. The van der Waals surface area contributed by atoms with Crippen molar-refractivity contribution in [3.8, 4) is 0 Å². The number of hydrogen-bond acceptors (Lipinski definition) is 3. The predicted molar refractivity (Wildman–Crippen MR) is 69.4 cm³/mol. The van der Waals surface area contributed by atoms with Crippen molar-refractivity contribution in [3.05, 3.63) is 29.8 Å². The van der Waals surface area contributed by atoms with Crippen LogP contribution in [0.15, 0.2) is 24.3 Å². The van der Waals surface area contributed by atoms with Crippen LogP contribution in [-0.4, -0.2) is 38.0 Å². The van der Waals surface area contributed by atoms with Gasteiger partial charge in [0.1, 0.15) is 6.04 Å². The van der Waals surface area contributed by atoms with E-state index in [1.807, 2.05) is 31.2 Å². The Morgan fingerprint density at radius 3 is 2.72 bits per heavy atom. The lowest BCUT2D eigenvalue weighted by molar-refractivity contribution is -0.125. The van der Waals surface area contributed by atoms with E-state index in [2.05, 4.69) is 10.6 Å². The largest absolute Gasteiger partial charge is 0.353 e. The first kappa shape index (κ1) is 12.6. The van der Waals surface area contributed by atoms with Crippen molar-refractivity contribution in [1.29, 1.82) is 0 Å². The molecular weight excluding hydrogens is 230 g/mol. The van der Waals surface area contributed by atoms with E-state index in [1.165, 1.54) is 0 Å². The van der Waals surface area contributed by atoms with E-state index in [-0.39, 0.29) is 24.4 Å². The highest BCUT2D eigenvalue weighted by molar-refractivity contribution is 5.98. The standard InChI is InChI=1S/C13H17N3O2/c1-9-5-3-4-6-11(9)16(2)13(18)10-7-15-12(17)8-14-10/h3-6,10,14H,7-8H2,1-2H3,(H,15,17). The molecule has 1 saturated heterocycles. The van der Waals surface area contributed by atoms with Crippen molar-refractivity contribution < 1.29 is 9.59 Å². The van der Waals surface area contributed by atoms with Crippen LogP contribution in [0.1, 0.15) is 5.56 Å². The molecule has 5 heteroatoms. The summed E-state index contributed by atoms with van der Waals surface area (Å²) in [7, 11) is 1.75. The molecule has 0 bridgehead atoms. The Hall–Kier alpha value is -1.88. The zero-order chi connectivity index (χ0) is 13.1. The van der Waals surface area contributed by atoms with Crippen LogP contribution >= 0.6 is 0 Å². The monoisotopic (exact) mass is 247 g/mol. The Bertz CT molecular complexity index is 463. The van der Waals surface area contributed by atoms with Gasteiger partial charge in [0, 0.05) is 19.3 Å². The van der Waals surface area contributed by atoms with Crippen molar-refractivity contribution >= 4 is 17.5 Å². The second kappa shape index (κ2) is 5.18. The SMILES string of the molecule is Cc1ccccc1N(C)C(=O)C1CNC(=O)CN1. The molecule has 0 spiro atoms. The van der Waals surface area contributed by atoms with Crippen molar-refractivity contribution in [2.24, 2.45) is 0 Å². The number of carbonyl (C=O) groups is 2. The molecule has 1 atom stereocenters. The minimum absolute atomic E-state index is 0.0377. The van der Waals surface area contributed by atoms with Crippen molar-refractivity contribution in [2.75, 3.05) is 25.0 Å². The molecule has 2 amide bonds. The third-order valence-corrected chi connectivity index (χ3v) is 3.12. The lowest BCUT2D eigenvalue weighted by Crippen LogP contribution is -2.58. The van der Waals surface area contributed by atoms with Gasteiger partial charge in [-0.15, -0.1) is 0 Å². The van der Waals surface area contributed by atoms with Crippen molar-refractivity contribution in [2.45, 2.75) is 13.0 Å². The Balaban J connectivity index is 2.09. The summed E-state index contributed by atoms with van der Waals surface area (Å²) >= 11 is 0. The first-order chi connectivity index (χ1) is 8.59. The maximum atomic E-state index is 12.3. The van der Waals surface area contributed by atoms with Crippen LogP contribution in [0.5, 0.6) is 0 Å². The number of aryl methyl sites for hydroxylation is 1. The second-order valence-corrected chi connectivity index (χ2v) is 4.42. The summed E-state index contributed by atoms with van der Waals surface area (Å²) in [6.07, 6.45) is 0. The van der Waals surface area contributed by atoms with E-state index in [4.69, 9.17) is 0 Å². The fraction of sp³-hybridized carbons (Fsp3) is 0.385. The van der Waals surface area contributed by atoms with Gasteiger partial charge in [-0.1, -0.05) is 18.2 Å². The number of anilines is 1. The molecular formula is C13H17N3O2. The second-order valence-electron chi connectivity index (χ2n) is 4.42. The maximum Gasteiger partial charge on any atom is 0.245 e. The molecule has 96 valence electrons. The fourth-order valence-electron chi connectivity index (χ4n) is 2.03. The Labute approximate surface area is 106 Å². The number of amides is 2. The summed E-state index contributed by atoms with van der Waals surface area (Å²) in [5, 5.41) is 5.62. The Kier molecular flexibility index (Phi) is 3.62. The maximum absolute atomic E-state index is 12.3. The molecule has 0 radical (unpaired) electrons. The number of rotatable bonds is 2. The molecule has 1 unspecified atom stereocenters.